The summed E-state index contributed by atoms with van der Waals surface area (Å²) in [6.45, 7) is 0. The van der Waals surface area contributed by atoms with E-state index in [-0.39, 0.29) is 70.9 Å². The topological polar surface area (TPSA) is 264 Å². The average molecular weight is 398 g/mol. The van der Waals surface area contributed by atoms with Gasteiger partial charge in [0.1, 0.15) is 0 Å². The molecule has 6 N–H and O–H groups in total. The maximum absolute atomic E-state index is 6.88. The fraction of sp³-hybridized carbons (Fsp3) is 0. The Morgan fingerprint density at radius 1 is 0.400 bits per heavy atom. The zero-order chi connectivity index (χ0) is 16.2. The van der Waals surface area contributed by atoms with E-state index in [9.17, 15) is 0 Å². The molecule has 0 aliphatic rings. The zero-order valence-electron chi connectivity index (χ0n) is 9.72. The third-order valence-corrected chi connectivity index (χ3v) is 0. The molecular weight excluding hydrogens is 392 g/mol. The van der Waals surface area contributed by atoms with Crippen molar-refractivity contribution >= 4 is 51.4 Å². The Morgan fingerprint density at radius 2 is 0.400 bits per heavy atom. The molecule has 1 radical (unpaired) electrons. The van der Waals surface area contributed by atoms with Crippen LogP contribution in [0.25, 0.3) is 0 Å². The van der Waals surface area contributed by atoms with Crippen molar-refractivity contribution in [3.63, 3.8) is 0 Å². The first-order chi connectivity index (χ1) is 8.49. The number of nitriles is 6. The monoisotopic (exact) mass is 399 g/mol. The summed E-state index contributed by atoms with van der Waals surface area (Å²) in [7, 11) is 0. The molecule has 0 aromatic carbocycles. The summed E-state index contributed by atoms with van der Waals surface area (Å²) >= 11 is 0. The second-order valence-corrected chi connectivity index (χ2v) is 0.600. The van der Waals surface area contributed by atoms with Crippen LogP contribution in [-0.4, -0.2) is 82.0 Å². The maximum Gasteiger partial charge on any atom is 0.283 e. The Bertz CT molecular complexity index is 262. The minimum atomic E-state index is 0. The van der Waals surface area contributed by atoms with Gasteiger partial charge in [0, 0.05) is 70.9 Å². The van der Waals surface area contributed by atoms with Gasteiger partial charge in [-0.1, -0.05) is 0 Å². The standard InChI is InChI=1S/6CHNO.K.Ru/c6*2-1-3;;/h6*3H;;. The van der Waals surface area contributed by atoms with Gasteiger partial charge in [0.25, 0.3) is 37.5 Å². The Hall–Kier alpha value is -2.00. The van der Waals surface area contributed by atoms with Gasteiger partial charge in [0.2, 0.25) is 0 Å². The molecule has 0 spiro atoms. The van der Waals surface area contributed by atoms with Crippen LogP contribution in [0.15, 0.2) is 0 Å². The summed E-state index contributed by atoms with van der Waals surface area (Å²) in [5, 5.41) is 82.5. The van der Waals surface area contributed by atoms with Gasteiger partial charge in [-0.3, -0.25) is 0 Å². The molecule has 105 valence electrons. The van der Waals surface area contributed by atoms with Crippen LogP contribution in [0.4, 0.5) is 0 Å². The van der Waals surface area contributed by atoms with Crippen molar-refractivity contribution in [2.75, 3.05) is 0 Å². The zero-order valence-corrected chi connectivity index (χ0v) is 14.6. The van der Waals surface area contributed by atoms with Gasteiger partial charge >= 0.3 is 0 Å². The fourth-order valence-electron chi connectivity index (χ4n) is 0. The van der Waals surface area contributed by atoms with Crippen molar-refractivity contribution in [1.29, 1.82) is 31.6 Å². The third-order valence-electron chi connectivity index (χ3n) is 0. The van der Waals surface area contributed by atoms with Crippen LogP contribution < -0.4 is 0 Å². The summed E-state index contributed by atoms with van der Waals surface area (Å²) in [6, 6.07) is 0. The Kier molecular flexibility index (Phi) is 708. The van der Waals surface area contributed by atoms with E-state index in [0.29, 0.717) is 0 Å². The normalized spacial score (nSPS) is 2.10. The largest absolute Gasteiger partial charge is 0.443 e. The van der Waals surface area contributed by atoms with Gasteiger partial charge in [-0.15, -0.1) is 0 Å². The molecule has 0 aliphatic heterocycles. The fourth-order valence-corrected chi connectivity index (χ4v) is 0. The van der Waals surface area contributed by atoms with Crippen LogP contribution in [0.5, 0.6) is 0 Å². The van der Waals surface area contributed by atoms with Crippen LogP contribution in [0.2, 0.25) is 0 Å². The van der Waals surface area contributed by atoms with Crippen molar-refractivity contribution in [2.45, 2.75) is 0 Å². The number of hydrogen-bond donors (Lipinski definition) is 6. The molecule has 0 bridgehead atoms. The molecule has 20 heavy (non-hydrogen) atoms. The quantitative estimate of drug-likeness (QED) is 0.204. The van der Waals surface area contributed by atoms with E-state index in [0.717, 1.165) is 37.5 Å². The van der Waals surface area contributed by atoms with Gasteiger partial charge in [-0.25, -0.2) is 0 Å². The molecule has 0 saturated heterocycles. The molecule has 0 unspecified atom stereocenters. The first-order valence-electron chi connectivity index (χ1n) is 2.68. The predicted octanol–water partition coefficient (Wildman–Crippen LogP) is -1.34. The molecule has 0 aromatic heterocycles. The number of nitrogens with zero attached hydrogens (tertiary/aromatic N) is 6. The van der Waals surface area contributed by atoms with Gasteiger partial charge < -0.3 is 30.6 Å². The number of rotatable bonds is 0. The Morgan fingerprint density at radius 3 is 0.400 bits per heavy atom. The van der Waals surface area contributed by atoms with Gasteiger partial charge in [-0.05, 0) is 0 Å². The van der Waals surface area contributed by atoms with Crippen molar-refractivity contribution in [3.8, 4) is 37.5 Å². The summed E-state index contributed by atoms with van der Waals surface area (Å²) < 4.78 is 0. The minimum Gasteiger partial charge on any atom is -0.443 e. The van der Waals surface area contributed by atoms with E-state index in [2.05, 4.69) is 0 Å². The first-order valence-corrected chi connectivity index (χ1v) is 2.68. The molecule has 0 fully saturated rings. The summed E-state index contributed by atoms with van der Waals surface area (Å²) in [5.41, 5.74) is 0. The molecule has 0 aromatic rings. The molecule has 14 heteroatoms. The van der Waals surface area contributed by atoms with Crippen molar-refractivity contribution in [1.82, 2.24) is 0 Å². The van der Waals surface area contributed by atoms with Gasteiger partial charge in [0.15, 0.2) is 0 Å². The molecular formula is C6H6KN6O6Ru. The molecule has 0 aliphatic carbocycles. The number of aliphatic hydroxyl groups excluding tert-OH is 6. The first kappa shape index (κ1) is 52.0. The molecule has 0 amide bonds. The molecule has 0 heterocycles. The van der Waals surface area contributed by atoms with Crippen LogP contribution >= 0.6 is 0 Å². The SMILES string of the molecule is N#CO.N#CO.N#CO.N#CO.N#CO.N#CO.[K].[Ru]. The molecule has 0 atom stereocenters. The van der Waals surface area contributed by atoms with Crippen LogP contribution in [0, 0.1) is 69.1 Å². The molecule has 12 nitrogen and oxygen atoms in total. The van der Waals surface area contributed by atoms with E-state index >= 15 is 0 Å². The van der Waals surface area contributed by atoms with Gasteiger partial charge in [-0.2, -0.15) is 31.6 Å². The van der Waals surface area contributed by atoms with Crippen LogP contribution in [0.1, 0.15) is 0 Å². The van der Waals surface area contributed by atoms with Gasteiger partial charge in [0.05, 0.1) is 0 Å². The van der Waals surface area contributed by atoms with Crippen molar-refractivity contribution in [2.24, 2.45) is 0 Å². The number of aliphatic hydroxyl groups is 6. The second-order valence-electron chi connectivity index (χ2n) is 0.600. The van der Waals surface area contributed by atoms with Crippen molar-refractivity contribution < 1.29 is 50.1 Å². The van der Waals surface area contributed by atoms with Crippen molar-refractivity contribution in [3.05, 3.63) is 0 Å². The smallest absolute Gasteiger partial charge is 0.283 e. The van der Waals surface area contributed by atoms with E-state index in [4.69, 9.17) is 62.2 Å². The summed E-state index contributed by atoms with van der Waals surface area (Å²) in [5.74, 6) is 0. The van der Waals surface area contributed by atoms with E-state index < -0.39 is 0 Å². The Balaban J connectivity index is -0.0000000141. The minimum absolute atomic E-state index is 0. The summed E-state index contributed by atoms with van der Waals surface area (Å²) in [6.07, 6.45) is 4.50. The molecule has 0 saturated carbocycles. The third kappa shape index (κ3) is 900. The maximum atomic E-state index is 6.88. The van der Waals surface area contributed by atoms with E-state index in [1.165, 1.54) is 0 Å². The average Bonchev–Trinajstić information content (AvgIpc) is 2.23. The number of hydrogen-bond acceptors (Lipinski definition) is 12. The summed E-state index contributed by atoms with van der Waals surface area (Å²) in [4.78, 5) is 0. The van der Waals surface area contributed by atoms with E-state index in [1.54, 1.807) is 0 Å². The van der Waals surface area contributed by atoms with Crippen LogP contribution in [0.3, 0.4) is 0 Å². The van der Waals surface area contributed by atoms with Crippen LogP contribution in [-0.2, 0) is 19.5 Å². The molecule has 0 rings (SSSR count). The van der Waals surface area contributed by atoms with E-state index in [1.807, 2.05) is 0 Å². The second kappa shape index (κ2) is 272. The Labute approximate surface area is 169 Å². The predicted molar refractivity (Wildman–Crippen MR) is 51.0 cm³/mol.